The van der Waals surface area contributed by atoms with E-state index in [1.807, 2.05) is 54.6 Å². The number of ether oxygens (including phenoxy) is 1. The van der Waals surface area contributed by atoms with Crippen molar-refractivity contribution in [2.24, 2.45) is 11.5 Å². The van der Waals surface area contributed by atoms with Crippen molar-refractivity contribution in [2.45, 2.75) is 18.2 Å². The van der Waals surface area contributed by atoms with Gasteiger partial charge in [-0.1, -0.05) is 48.5 Å². The van der Waals surface area contributed by atoms with E-state index in [1.54, 1.807) is 7.11 Å². The van der Waals surface area contributed by atoms with Gasteiger partial charge in [-0.05, 0) is 23.2 Å². The molecule has 1 heterocycles. The molecule has 0 aliphatic rings. The molecule has 0 saturated carbocycles. The predicted molar refractivity (Wildman–Crippen MR) is 90.5 cm³/mol. The molecule has 4 nitrogen and oxygen atoms in total. The van der Waals surface area contributed by atoms with Crippen molar-refractivity contribution in [3.63, 3.8) is 0 Å². The molecule has 3 aromatic rings. The summed E-state index contributed by atoms with van der Waals surface area (Å²) in [5.74, 6) is 0. The fourth-order valence-corrected chi connectivity index (χ4v) is 3.48. The highest BCUT2D eigenvalue weighted by Crippen LogP contribution is 2.33. The average molecular weight is 313 g/mol. The minimum absolute atomic E-state index is 0.290. The lowest BCUT2D eigenvalue weighted by atomic mass is 9.94. The topological polar surface area (TPSA) is 74.2 Å². The van der Waals surface area contributed by atoms with Crippen LogP contribution in [-0.2, 0) is 10.5 Å². The van der Waals surface area contributed by atoms with Gasteiger partial charge in [0.15, 0.2) is 0 Å². The molecule has 2 atom stereocenters. The van der Waals surface area contributed by atoms with Gasteiger partial charge in [-0.3, -0.25) is 5.73 Å². The van der Waals surface area contributed by atoms with Crippen molar-refractivity contribution in [2.75, 3.05) is 7.11 Å². The van der Waals surface area contributed by atoms with Gasteiger partial charge < -0.3 is 10.5 Å². The highest BCUT2D eigenvalue weighted by atomic mass is 32.1. The van der Waals surface area contributed by atoms with Gasteiger partial charge in [-0.25, -0.2) is 0 Å². The fourth-order valence-electron chi connectivity index (χ4n) is 2.64. The largest absolute Gasteiger partial charge is 0.360 e. The molecule has 0 spiro atoms. The van der Waals surface area contributed by atoms with Crippen molar-refractivity contribution in [1.29, 1.82) is 0 Å². The number of hydrogen-bond acceptors (Lipinski definition) is 5. The van der Waals surface area contributed by atoms with Crippen LogP contribution in [0.4, 0.5) is 0 Å². The normalized spacial score (nSPS) is 15.6. The Labute approximate surface area is 133 Å². The second-order valence-corrected chi connectivity index (χ2v) is 6.14. The second kappa shape index (κ2) is 6.14. The lowest BCUT2D eigenvalue weighted by Crippen LogP contribution is -2.41. The first-order chi connectivity index (χ1) is 10.6. The molecule has 0 amide bonds. The first kappa shape index (κ1) is 15.1. The minimum Gasteiger partial charge on any atom is -0.360 e. The van der Waals surface area contributed by atoms with Gasteiger partial charge in [0, 0.05) is 18.9 Å². The smallest absolute Gasteiger partial charge is 0.144 e. The van der Waals surface area contributed by atoms with Crippen LogP contribution < -0.4 is 11.5 Å². The van der Waals surface area contributed by atoms with Crippen molar-refractivity contribution >= 4 is 21.6 Å². The quantitative estimate of drug-likeness (QED) is 0.710. The summed E-state index contributed by atoms with van der Waals surface area (Å²) in [7, 11) is 1.61. The van der Waals surface area contributed by atoms with Crippen molar-refractivity contribution < 1.29 is 4.74 Å². The Morgan fingerprint density at radius 1 is 1.14 bits per heavy atom. The fraction of sp³-hybridized carbons (Fsp3) is 0.235. The van der Waals surface area contributed by atoms with Gasteiger partial charge in [-0.15, -0.1) is 0 Å². The Kier molecular flexibility index (Phi) is 4.22. The lowest BCUT2D eigenvalue weighted by molar-refractivity contribution is -0.0224. The number of nitrogens with two attached hydrogens (primary N) is 2. The van der Waals surface area contributed by atoms with Gasteiger partial charge in [0.25, 0.3) is 0 Å². The van der Waals surface area contributed by atoms with Crippen molar-refractivity contribution in [3.8, 4) is 0 Å². The predicted octanol–water partition coefficient (Wildman–Crippen LogP) is 3.14. The monoisotopic (exact) mass is 313 g/mol. The van der Waals surface area contributed by atoms with Crippen molar-refractivity contribution in [1.82, 2.24) is 4.37 Å². The summed E-state index contributed by atoms with van der Waals surface area (Å²) in [6, 6.07) is 17.5. The zero-order valence-electron chi connectivity index (χ0n) is 12.4. The third kappa shape index (κ3) is 2.76. The van der Waals surface area contributed by atoms with Crippen LogP contribution in [0, 0.1) is 0 Å². The summed E-state index contributed by atoms with van der Waals surface area (Å²) in [6.45, 7) is 0. The van der Waals surface area contributed by atoms with Crippen LogP contribution in [0.25, 0.3) is 10.1 Å². The molecule has 4 N–H and O–H groups in total. The first-order valence-corrected chi connectivity index (χ1v) is 7.91. The molecule has 5 heteroatoms. The third-order valence-electron chi connectivity index (χ3n) is 3.91. The average Bonchev–Trinajstić information content (AvgIpc) is 2.99. The molecule has 0 fully saturated rings. The molecule has 3 rings (SSSR count). The molecule has 22 heavy (non-hydrogen) atoms. The van der Waals surface area contributed by atoms with Crippen LogP contribution in [0.1, 0.15) is 23.7 Å². The molecule has 2 aromatic carbocycles. The van der Waals surface area contributed by atoms with E-state index < -0.39 is 5.72 Å². The molecule has 0 radical (unpaired) electrons. The number of rotatable bonds is 5. The SMILES string of the molecule is COC(N)(CC(N)c1nsc2ccccc12)c1ccccc1. The maximum atomic E-state index is 6.44. The van der Waals surface area contributed by atoms with E-state index in [0.29, 0.717) is 6.42 Å². The Hall–Kier alpha value is -1.79. The van der Waals surface area contributed by atoms with E-state index >= 15 is 0 Å². The maximum Gasteiger partial charge on any atom is 0.144 e. The molecule has 0 aliphatic carbocycles. The van der Waals surface area contributed by atoms with Gasteiger partial charge in [0.2, 0.25) is 0 Å². The number of methoxy groups -OCH3 is 1. The molecular weight excluding hydrogens is 294 g/mol. The van der Waals surface area contributed by atoms with E-state index in [9.17, 15) is 0 Å². The van der Waals surface area contributed by atoms with Crippen LogP contribution in [0.5, 0.6) is 0 Å². The highest BCUT2D eigenvalue weighted by molar-refractivity contribution is 7.13. The summed E-state index contributed by atoms with van der Waals surface area (Å²) in [4.78, 5) is 0. The van der Waals surface area contributed by atoms with Crippen LogP contribution in [-0.4, -0.2) is 11.5 Å². The van der Waals surface area contributed by atoms with Crippen LogP contribution in [0.2, 0.25) is 0 Å². The van der Waals surface area contributed by atoms with E-state index in [0.717, 1.165) is 21.3 Å². The minimum atomic E-state index is -0.925. The van der Waals surface area contributed by atoms with Gasteiger partial charge in [0.05, 0.1) is 16.4 Å². The number of aromatic nitrogens is 1. The van der Waals surface area contributed by atoms with Crippen LogP contribution in [0.15, 0.2) is 54.6 Å². The van der Waals surface area contributed by atoms with Crippen LogP contribution in [0.3, 0.4) is 0 Å². The maximum absolute atomic E-state index is 6.44. The van der Waals surface area contributed by atoms with E-state index in [2.05, 4.69) is 4.37 Å². The Bertz CT molecular complexity index is 759. The molecule has 0 aliphatic heterocycles. The van der Waals surface area contributed by atoms with E-state index in [4.69, 9.17) is 16.2 Å². The van der Waals surface area contributed by atoms with Gasteiger partial charge in [-0.2, -0.15) is 4.37 Å². The summed E-state index contributed by atoms with van der Waals surface area (Å²) < 4.78 is 11.2. The number of hydrogen-bond donors (Lipinski definition) is 2. The zero-order valence-corrected chi connectivity index (χ0v) is 13.2. The first-order valence-electron chi connectivity index (χ1n) is 7.13. The molecule has 0 bridgehead atoms. The summed E-state index contributed by atoms with van der Waals surface area (Å²) in [5, 5.41) is 1.09. The lowest BCUT2D eigenvalue weighted by Gasteiger charge is -2.30. The summed E-state index contributed by atoms with van der Waals surface area (Å²) >= 11 is 1.46. The number of benzene rings is 2. The molecule has 114 valence electrons. The number of nitrogens with zero attached hydrogens (tertiary/aromatic N) is 1. The Morgan fingerprint density at radius 3 is 2.55 bits per heavy atom. The van der Waals surface area contributed by atoms with E-state index in [-0.39, 0.29) is 6.04 Å². The van der Waals surface area contributed by atoms with Crippen molar-refractivity contribution in [3.05, 3.63) is 65.9 Å². The Morgan fingerprint density at radius 2 is 1.82 bits per heavy atom. The molecule has 1 aromatic heterocycles. The molecule has 2 unspecified atom stereocenters. The molecule has 0 saturated heterocycles. The zero-order chi connectivity index (χ0) is 15.6. The third-order valence-corrected chi connectivity index (χ3v) is 4.75. The summed E-state index contributed by atoms with van der Waals surface area (Å²) in [5.41, 5.74) is 13.7. The van der Waals surface area contributed by atoms with Gasteiger partial charge in [0.1, 0.15) is 5.72 Å². The molecular formula is C17H19N3OS. The number of fused-ring (bicyclic) bond motifs is 1. The van der Waals surface area contributed by atoms with Gasteiger partial charge >= 0.3 is 0 Å². The standard InChI is InChI=1S/C17H19N3OS/c1-21-17(19,12-7-3-2-4-8-12)11-14(18)16-13-9-5-6-10-15(13)22-20-16/h2-10,14H,11,18-19H2,1H3. The highest BCUT2D eigenvalue weighted by Gasteiger charge is 2.31. The Balaban J connectivity index is 1.91. The second-order valence-electron chi connectivity index (χ2n) is 5.33. The van der Waals surface area contributed by atoms with Crippen LogP contribution >= 0.6 is 11.5 Å². The summed E-state index contributed by atoms with van der Waals surface area (Å²) in [6.07, 6.45) is 0.460. The van der Waals surface area contributed by atoms with E-state index in [1.165, 1.54) is 11.5 Å².